The molecule has 4 nitrogen and oxygen atoms in total. The highest BCUT2D eigenvalue weighted by molar-refractivity contribution is 5.99. The van der Waals surface area contributed by atoms with E-state index >= 15 is 0 Å². The molecule has 18 heavy (non-hydrogen) atoms. The van der Waals surface area contributed by atoms with Crippen molar-refractivity contribution in [2.45, 2.75) is 13.8 Å². The summed E-state index contributed by atoms with van der Waals surface area (Å²) in [5, 5.41) is 3.70. The van der Waals surface area contributed by atoms with Crippen LogP contribution in [-0.2, 0) is 0 Å². The quantitative estimate of drug-likeness (QED) is 0.898. The smallest absolute Gasteiger partial charge is 0.256 e. The number of pyridine rings is 1. The Balaban J connectivity index is 2.53. The van der Waals surface area contributed by atoms with Gasteiger partial charge in [0.15, 0.2) is 0 Å². The van der Waals surface area contributed by atoms with Crippen molar-refractivity contribution in [2.24, 2.45) is 0 Å². The number of aromatic nitrogens is 1. The minimum Gasteiger partial charge on any atom is -0.477 e. The van der Waals surface area contributed by atoms with E-state index in [9.17, 15) is 4.79 Å². The minimum absolute atomic E-state index is 0.154. The van der Waals surface area contributed by atoms with Gasteiger partial charge in [-0.1, -0.05) is 18.2 Å². The maximum atomic E-state index is 12.0. The summed E-state index contributed by atoms with van der Waals surface area (Å²) in [6.45, 7) is 4.82. The topological polar surface area (TPSA) is 51.2 Å². The van der Waals surface area contributed by atoms with E-state index < -0.39 is 0 Å². The zero-order valence-electron chi connectivity index (χ0n) is 10.6. The first-order valence-corrected chi connectivity index (χ1v) is 6.07. The number of carbonyl (C=O) groups is 1. The lowest BCUT2D eigenvalue weighted by molar-refractivity contribution is 0.0951. The van der Waals surface area contributed by atoms with Gasteiger partial charge in [-0.25, -0.2) is 4.98 Å². The Bertz CT molecular complexity index is 567. The first-order chi connectivity index (χ1) is 8.76. The Morgan fingerprint density at radius 3 is 2.83 bits per heavy atom. The second kappa shape index (κ2) is 5.49. The summed E-state index contributed by atoms with van der Waals surface area (Å²) in [6, 6.07) is 9.49. The predicted molar refractivity (Wildman–Crippen MR) is 70.9 cm³/mol. The molecule has 0 aliphatic heterocycles. The SMILES string of the molecule is CCNC(=O)c1cc2ccccc2nc1OCC. The van der Waals surface area contributed by atoms with Crippen LogP contribution >= 0.6 is 0 Å². The Kier molecular flexibility index (Phi) is 3.77. The summed E-state index contributed by atoms with van der Waals surface area (Å²) in [7, 11) is 0. The van der Waals surface area contributed by atoms with Gasteiger partial charge in [-0.2, -0.15) is 0 Å². The number of nitrogens with one attached hydrogen (secondary N) is 1. The molecule has 1 aromatic carbocycles. The van der Waals surface area contributed by atoms with Crippen LogP contribution in [0.5, 0.6) is 5.88 Å². The lowest BCUT2D eigenvalue weighted by atomic mass is 10.1. The Labute approximate surface area is 106 Å². The van der Waals surface area contributed by atoms with Crippen molar-refractivity contribution in [3.8, 4) is 5.88 Å². The summed E-state index contributed by atoms with van der Waals surface area (Å²) < 4.78 is 5.44. The van der Waals surface area contributed by atoms with Crippen molar-refractivity contribution in [1.29, 1.82) is 0 Å². The third kappa shape index (κ3) is 2.42. The first-order valence-electron chi connectivity index (χ1n) is 6.07. The Morgan fingerprint density at radius 1 is 1.33 bits per heavy atom. The molecule has 4 heteroatoms. The van der Waals surface area contributed by atoms with E-state index in [1.807, 2.05) is 44.2 Å². The molecule has 1 heterocycles. The Morgan fingerprint density at radius 2 is 2.11 bits per heavy atom. The maximum absolute atomic E-state index is 12.0. The summed E-state index contributed by atoms with van der Waals surface area (Å²) >= 11 is 0. The van der Waals surface area contributed by atoms with E-state index in [4.69, 9.17) is 4.74 Å². The fraction of sp³-hybridized carbons (Fsp3) is 0.286. The average Bonchev–Trinajstić information content (AvgIpc) is 2.38. The highest BCUT2D eigenvalue weighted by Crippen LogP contribution is 2.22. The number of hydrogen-bond acceptors (Lipinski definition) is 3. The number of fused-ring (bicyclic) bond motifs is 1. The summed E-state index contributed by atoms with van der Waals surface area (Å²) in [4.78, 5) is 16.3. The van der Waals surface area contributed by atoms with Gasteiger partial charge < -0.3 is 10.1 Å². The molecule has 0 bridgehead atoms. The summed E-state index contributed by atoms with van der Waals surface area (Å²) in [5.74, 6) is 0.237. The summed E-state index contributed by atoms with van der Waals surface area (Å²) in [6.07, 6.45) is 0. The van der Waals surface area contributed by atoms with E-state index in [1.54, 1.807) is 0 Å². The van der Waals surface area contributed by atoms with E-state index in [-0.39, 0.29) is 5.91 Å². The molecule has 94 valence electrons. The minimum atomic E-state index is -0.154. The number of benzene rings is 1. The Hall–Kier alpha value is -2.10. The van der Waals surface area contributed by atoms with Crippen molar-refractivity contribution >= 4 is 16.8 Å². The van der Waals surface area contributed by atoms with Crippen molar-refractivity contribution < 1.29 is 9.53 Å². The van der Waals surface area contributed by atoms with E-state index in [2.05, 4.69) is 10.3 Å². The van der Waals surface area contributed by atoms with Crippen LogP contribution in [0.1, 0.15) is 24.2 Å². The average molecular weight is 244 g/mol. The standard InChI is InChI=1S/C14H16N2O2/c1-3-15-13(17)11-9-10-7-5-6-8-12(10)16-14(11)18-4-2/h5-9H,3-4H2,1-2H3,(H,15,17). The van der Waals surface area contributed by atoms with Crippen LogP contribution in [0.15, 0.2) is 30.3 Å². The predicted octanol–water partition coefficient (Wildman–Crippen LogP) is 2.38. The van der Waals surface area contributed by atoms with E-state index in [1.165, 1.54) is 0 Å². The van der Waals surface area contributed by atoms with Crippen LogP contribution in [0.3, 0.4) is 0 Å². The van der Waals surface area contributed by atoms with Crippen LogP contribution in [-0.4, -0.2) is 24.0 Å². The molecule has 0 fully saturated rings. The third-order valence-electron chi connectivity index (χ3n) is 2.55. The molecule has 0 aliphatic rings. The van der Waals surface area contributed by atoms with E-state index in [0.29, 0.717) is 24.6 Å². The number of nitrogens with zero attached hydrogens (tertiary/aromatic N) is 1. The number of hydrogen-bond donors (Lipinski definition) is 1. The summed E-state index contributed by atoms with van der Waals surface area (Å²) in [5.41, 5.74) is 1.31. The fourth-order valence-corrected chi connectivity index (χ4v) is 1.76. The van der Waals surface area contributed by atoms with Gasteiger partial charge in [0.1, 0.15) is 5.56 Å². The monoisotopic (exact) mass is 244 g/mol. The molecule has 0 aliphatic carbocycles. The maximum Gasteiger partial charge on any atom is 0.256 e. The number of para-hydroxylation sites is 1. The van der Waals surface area contributed by atoms with Gasteiger partial charge in [0.25, 0.3) is 5.91 Å². The van der Waals surface area contributed by atoms with Crippen LogP contribution < -0.4 is 10.1 Å². The second-order valence-corrected chi connectivity index (χ2v) is 3.83. The normalized spacial score (nSPS) is 10.3. The van der Waals surface area contributed by atoms with E-state index in [0.717, 1.165) is 10.9 Å². The van der Waals surface area contributed by atoms with Crippen molar-refractivity contribution in [1.82, 2.24) is 10.3 Å². The van der Waals surface area contributed by atoms with Gasteiger partial charge in [-0.05, 0) is 26.0 Å². The highest BCUT2D eigenvalue weighted by Gasteiger charge is 2.14. The molecule has 1 aromatic heterocycles. The highest BCUT2D eigenvalue weighted by atomic mass is 16.5. The largest absolute Gasteiger partial charge is 0.477 e. The molecule has 2 rings (SSSR count). The number of rotatable bonds is 4. The molecule has 2 aromatic rings. The van der Waals surface area contributed by atoms with Gasteiger partial charge >= 0.3 is 0 Å². The van der Waals surface area contributed by atoms with Gasteiger partial charge in [-0.15, -0.1) is 0 Å². The van der Waals surface area contributed by atoms with Crippen LogP contribution in [0.25, 0.3) is 10.9 Å². The van der Waals surface area contributed by atoms with Crippen molar-refractivity contribution in [3.63, 3.8) is 0 Å². The van der Waals surface area contributed by atoms with Gasteiger partial charge in [0, 0.05) is 11.9 Å². The lowest BCUT2D eigenvalue weighted by Gasteiger charge is -2.10. The lowest BCUT2D eigenvalue weighted by Crippen LogP contribution is -2.23. The molecule has 0 unspecified atom stereocenters. The van der Waals surface area contributed by atoms with Gasteiger partial charge in [0.2, 0.25) is 5.88 Å². The molecule has 1 N–H and O–H groups in total. The fourth-order valence-electron chi connectivity index (χ4n) is 1.76. The zero-order chi connectivity index (χ0) is 13.0. The molecule has 0 saturated heterocycles. The number of carbonyl (C=O) groups excluding carboxylic acids is 1. The molecule has 0 spiro atoms. The van der Waals surface area contributed by atoms with Crippen LogP contribution in [0.4, 0.5) is 0 Å². The van der Waals surface area contributed by atoms with Crippen LogP contribution in [0.2, 0.25) is 0 Å². The third-order valence-corrected chi connectivity index (χ3v) is 2.55. The van der Waals surface area contributed by atoms with Gasteiger partial charge in [0.05, 0.1) is 12.1 Å². The molecule has 0 atom stereocenters. The molecular weight excluding hydrogens is 228 g/mol. The number of ether oxygens (including phenoxy) is 1. The molecule has 0 saturated carbocycles. The molecule has 1 amide bonds. The number of amides is 1. The van der Waals surface area contributed by atoms with Crippen LogP contribution in [0, 0.1) is 0 Å². The molecule has 0 radical (unpaired) electrons. The van der Waals surface area contributed by atoms with Crippen molar-refractivity contribution in [2.75, 3.05) is 13.2 Å². The molecular formula is C14H16N2O2. The second-order valence-electron chi connectivity index (χ2n) is 3.83. The first kappa shape index (κ1) is 12.4. The van der Waals surface area contributed by atoms with Gasteiger partial charge in [-0.3, -0.25) is 4.79 Å². The zero-order valence-corrected chi connectivity index (χ0v) is 10.6. The van der Waals surface area contributed by atoms with Crippen molar-refractivity contribution in [3.05, 3.63) is 35.9 Å².